The van der Waals surface area contributed by atoms with Crippen molar-refractivity contribution in [1.29, 1.82) is 0 Å². The topological polar surface area (TPSA) is 43.8 Å². The van der Waals surface area contributed by atoms with Crippen LogP contribution in [-0.2, 0) is 19.9 Å². The van der Waals surface area contributed by atoms with Gasteiger partial charge in [-0.1, -0.05) is 23.7 Å². The number of nitrogens with two attached hydrogens (primary N) is 1. The van der Waals surface area contributed by atoms with Gasteiger partial charge in [-0.05, 0) is 56.4 Å². The fourth-order valence-electron chi connectivity index (χ4n) is 2.55. The smallest absolute Gasteiger partial charge is 0.0628 e. The fraction of sp³-hybridized carbons (Fsp3) is 0.438. The van der Waals surface area contributed by atoms with Crippen LogP contribution < -0.4 is 5.73 Å². The zero-order valence-corrected chi connectivity index (χ0v) is 13.3. The summed E-state index contributed by atoms with van der Waals surface area (Å²) in [6.07, 6.45) is 1.61. The molecule has 1 unspecified atom stereocenters. The average Bonchev–Trinajstić information content (AvgIpc) is 2.60. The van der Waals surface area contributed by atoms with Crippen molar-refractivity contribution in [2.75, 3.05) is 0 Å². The van der Waals surface area contributed by atoms with Crippen molar-refractivity contribution in [3.05, 3.63) is 51.3 Å². The number of aromatic nitrogens is 2. The molecule has 4 heteroatoms. The number of benzene rings is 1. The van der Waals surface area contributed by atoms with Crippen LogP contribution in [0, 0.1) is 20.8 Å². The van der Waals surface area contributed by atoms with Crippen LogP contribution in [0.5, 0.6) is 0 Å². The number of hydrogen-bond acceptors (Lipinski definition) is 2. The van der Waals surface area contributed by atoms with E-state index in [4.69, 9.17) is 17.3 Å². The van der Waals surface area contributed by atoms with Crippen LogP contribution in [0.15, 0.2) is 18.2 Å². The van der Waals surface area contributed by atoms with Gasteiger partial charge in [0, 0.05) is 23.8 Å². The SMILES string of the molecule is Cc1ccc(CC(N)Cc2c(C)nn(C)c2C)c(Cl)c1. The maximum atomic E-state index is 6.30. The second-order valence-corrected chi connectivity index (χ2v) is 5.94. The predicted molar refractivity (Wildman–Crippen MR) is 84.3 cm³/mol. The van der Waals surface area contributed by atoms with Crippen molar-refractivity contribution >= 4 is 11.6 Å². The molecule has 0 fully saturated rings. The lowest BCUT2D eigenvalue weighted by atomic mass is 9.98. The van der Waals surface area contributed by atoms with Crippen LogP contribution in [-0.4, -0.2) is 15.8 Å². The molecule has 0 spiro atoms. The molecule has 2 N–H and O–H groups in total. The van der Waals surface area contributed by atoms with E-state index in [-0.39, 0.29) is 6.04 Å². The highest BCUT2D eigenvalue weighted by molar-refractivity contribution is 6.31. The summed E-state index contributed by atoms with van der Waals surface area (Å²) in [4.78, 5) is 0. The lowest BCUT2D eigenvalue weighted by Crippen LogP contribution is -2.26. The van der Waals surface area contributed by atoms with Gasteiger partial charge in [-0.25, -0.2) is 0 Å². The van der Waals surface area contributed by atoms with E-state index >= 15 is 0 Å². The molecule has 0 saturated heterocycles. The Balaban J connectivity index is 2.11. The van der Waals surface area contributed by atoms with Gasteiger partial charge in [0.15, 0.2) is 0 Å². The summed E-state index contributed by atoms with van der Waals surface area (Å²) in [5, 5.41) is 5.24. The van der Waals surface area contributed by atoms with Gasteiger partial charge in [0.1, 0.15) is 0 Å². The molecule has 0 aliphatic heterocycles. The van der Waals surface area contributed by atoms with E-state index in [0.717, 1.165) is 29.1 Å². The Morgan fingerprint density at radius 2 is 1.95 bits per heavy atom. The van der Waals surface area contributed by atoms with Gasteiger partial charge in [-0.15, -0.1) is 0 Å². The second-order valence-electron chi connectivity index (χ2n) is 5.54. The van der Waals surface area contributed by atoms with Crippen molar-refractivity contribution in [1.82, 2.24) is 9.78 Å². The molecule has 2 rings (SSSR count). The molecular weight excluding hydrogens is 270 g/mol. The van der Waals surface area contributed by atoms with Gasteiger partial charge in [-0.2, -0.15) is 5.10 Å². The van der Waals surface area contributed by atoms with Crippen LogP contribution in [0.3, 0.4) is 0 Å². The van der Waals surface area contributed by atoms with E-state index in [1.54, 1.807) is 0 Å². The second kappa shape index (κ2) is 5.98. The highest BCUT2D eigenvalue weighted by atomic mass is 35.5. The minimum absolute atomic E-state index is 0.0526. The highest BCUT2D eigenvalue weighted by Gasteiger charge is 2.14. The number of hydrogen-bond donors (Lipinski definition) is 1. The molecule has 1 atom stereocenters. The summed E-state index contributed by atoms with van der Waals surface area (Å²) < 4.78 is 1.91. The van der Waals surface area contributed by atoms with E-state index in [1.165, 1.54) is 16.8 Å². The Labute approximate surface area is 125 Å². The maximum Gasteiger partial charge on any atom is 0.0628 e. The lowest BCUT2D eigenvalue weighted by molar-refractivity contribution is 0.658. The molecule has 2 aromatic rings. The standard InChI is InChI=1S/C16H22ClN3/c1-10-5-6-13(16(17)7-10)8-14(18)9-15-11(2)19-20(4)12(15)3/h5-7,14H,8-9,18H2,1-4H3. The molecule has 0 saturated carbocycles. The minimum Gasteiger partial charge on any atom is -0.327 e. The van der Waals surface area contributed by atoms with E-state index < -0.39 is 0 Å². The number of aryl methyl sites for hydroxylation is 3. The summed E-state index contributed by atoms with van der Waals surface area (Å²) in [6, 6.07) is 6.19. The summed E-state index contributed by atoms with van der Waals surface area (Å²) in [6.45, 7) is 6.16. The summed E-state index contributed by atoms with van der Waals surface area (Å²) in [7, 11) is 1.97. The molecule has 1 aromatic heterocycles. The molecule has 20 heavy (non-hydrogen) atoms. The van der Waals surface area contributed by atoms with Crippen molar-refractivity contribution in [2.24, 2.45) is 12.8 Å². The highest BCUT2D eigenvalue weighted by Crippen LogP contribution is 2.21. The third-order valence-corrected chi connectivity index (χ3v) is 4.17. The summed E-state index contributed by atoms with van der Waals surface area (Å²) in [5.74, 6) is 0. The van der Waals surface area contributed by atoms with Crippen LogP contribution in [0.4, 0.5) is 0 Å². The molecule has 3 nitrogen and oxygen atoms in total. The molecule has 0 amide bonds. The van der Waals surface area contributed by atoms with Gasteiger partial charge in [0.05, 0.1) is 5.69 Å². The quantitative estimate of drug-likeness (QED) is 0.940. The van der Waals surface area contributed by atoms with Crippen LogP contribution in [0.2, 0.25) is 5.02 Å². The summed E-state index contributed by atoms with van der Waals surface area (Å²) >= 11 is 6.27. The van der Waals surface area contributed by atoms with Gasteiger partial charge >= 0.3 is 0 Å². The average molecular weight is 292 g/mol. The van der Waals surface area contributed by atoms with Gasteiger partial charge in [-0.3, -0.25) is 4.68 Å². The first kappa shape index (κ1) is 15.1. The van der Waals surface area contributed by atoms with E-state index in [1.807, 2.05) is 31.6 Å². The largest absolute Gasteiger partial charge is 0.327 e. The molecule has 108 valence electrons. The monoisotopic (exact) mass is 291 g/mol. The lowest BCUT2D eigenvalue weighted by Gasteiger charge is -2.13. The Morgan fingerprint density at radius 3 is 2.50 bits per heavy atom. The number of rotatable bonds is 4. The van der Waals surface area contributed by atoms with Crippen LogP contribution in [0.25, 0.3) is 0 Å². The first-order chi connectivity index (χ1) is 9.38. The van der Waals surface area contributed by atoms with Gasteiger partial charge < -0.3 is 5.73 Å². The molecule has 1 aromatic carbocycles. The van der Waals surface area contributed by atoms with Gasteiger partial charge in [0.2, 0.25) is 0 Å². The molecule has 0 aliphatic carbocycles. The van der Waals surface area contributed by atoms with Crippen molar-refractivity contribution < 1.29 is 0 Å². The van der Waals surface area contributed by atoms with Crippen LogP contribution in [0.1, 0.15) is 28.1 Å². The Hall–Kier alpha value is -1.32. The molecular formula is C16H22ClN3. The fourth-order valence-corrected chi connectivity index (χ4v) is 2.86. The van der Waals surface area contributed by atoms with E-state index in [0.29, 0.717) is 0 Å². The van der Waals surface area contributed by atoms with E-state index in [9.17, 15) is 0 Å². The minimum atomic E-state index is 0.0526. The summed E-state index contributed by atoms with van der Waals surface area (Å²) in [5.41, 5.74) is 12.1. The Kier molecular flexibility index (Phi) is 4.51. The van der Waals surface area contributed by atoms with Gasteiger partial charge in [0.25, 0.3) is 0 Å². The third-order valence-electron chi connectivity index (χ3n) is 3.82. The molecule has 1 heterocycles. The number of nitrogens with zero attached hydrogens (tertiary/aromatic N) is 2. The molecule has 0 aliphatic rings. The van der Waals surface area contributed by atoms with Crippen molar-refractivity contribution in [3.8, 4) is 0 Å². The molecule has 0 bridgehead atoms. The zero-order chi connectivity index (χ0) is 14.9. The van der Waals surface area contributed by atoms with E-state index in [2.05, 4.69) is 24.2 Å². The number of halogens is 1. The Morgan fingerprint density at radius 1 is 1.25 bits per heavy atom. The van der Waals surface area contributed by atoms with Crippen LogP contribution >= 0.6 is 11.6 Å². The first-order valence-electron chi connectivity index (χ1n) is 6.88. The molecule has 0 radical (unpaired) electrons. The maximum absolute atomic E-state index is 6.30. The third kappa shape index (κ3) is 3.22. The first-order valence-corrected chi connectivity index (χ1v) is 7.26. The van der Waals surface area contributed by atoms with Crippen molar-refractivity contribution in [3.63, 3.8) is 0 Å². The predicted octanol–water partition coefficient (Wildman–Crippen LogP) is 3.11. The Bertz CT molecular complexity index is 616. The zero-order valence-electron chi connectivity index (χ0n) is 12.6. The normalized spacial score (nSPS) is 12.7. The van der Waals surface area contributed by atoms with Crippen molar-refractivity contribution in [2.45, 2.75) is 39.7 Å².